The SMILES string of the molecule is CC(=O)O[C@@H](C(=O)NCc1ccc(O)cc1)[C@@H](OC(C)=O)C(=O)N1CCN(c2ccccc2F)CC1. The second-order valence-electron chi connectivity index (χ2n) is 8.21. The lowest BCUT2D eigenvalue weighted by Crippen LogP contribution is -2.57. The molecule has 1 fully saturated rings. The number of para-hydroxylation sites is 1. The molecule has 0 aliphatic carbocycles. The Morgan fingerprint density at radius 3 is 2.08 bits per heavy atom. The molecule has 1 aliphatic heterocycles. The molecule has 0 aromatic heterocycles. The number of nitrogens with one attached hydrogen (secondary N) is 1. The van der Waals surface area contributed by atoms with E-state index in [1.165, 1.54) is 23.1 Å². The van der Waals surface area contributed by atoms with Crippen LogP contribution in [0.1, 0.15) is 19.4 Å². The number of phenols is 1. The van der Waals surface area contributed by atoms with Crippen LogP contribution in [0, 0.1) is 5.82 Å². The molecule has 0 spiro atoms. The van der Waals surface area contributed by atoms with Gasteiger partial charge in [0.25, 0.3) is 11.8 Å². The number of phenolic OH excluding ortho intramolecular Hbond substituents is 1. The van der Waals surface area contributed by atoms with Crippen molar-refractivity contribution in [2.45, 2.75) is 32.6 Å². The van der Waals surface area contributed by atoms with Gasteiger partial charge in [-0.3, -0.25) is 19.2 Å². The third-order valence-corrected chi connectivity index (χ3v) is 5.55. The number of nitrogens with zero attached hydrogens (tertiary/aromatic N) is 2. The summed E-state index contributed by atoms with van der Waals surface area (Å²) in [5.74, 6) is -3.53. The van der Waals surface area contributed by atoms with Crippen molar-refractivity contribution < 1.29 is 38.1 Å². The largest absolute Gasteiger partial charge is 0.508 e. The Morgan fingerprint density at radius 2 is 1.50 bits per heavy atom. The summed E-state index contributed by atoms with van der Waals surface area (Å²) in [6.45, 7) is 3.13. The average molecular weight is 502 g/mol. The first-order valence-corrected chi connectivity index (χ1v) is 11.3. The van der Waals surface area contributed by atoms with Gasteiger partial charge in [0.2, 0.25) is 12.2 Å². The van der Waals surface area contributed by atoms with Crippen LogP contribution in [0.3, 0.4) is 0 Å². The number of carbonyl (C=O) groups is 4. The van der Waals surface area contributed by atoms with Gasteiger partial charge in [-0.05, 0) is 29.8 Å². The molecule has 2 aromatic rings. The molecular formula is C25H28FN3O7. The standard InChI is InChI=1S/C25H28FN3O7/c1-16(30)35-22(24(33)27-15-18-7-9-19(32)10-8-18)23(36-17(2)31)25(34)29-13-11-28(12-14-29)21-6-4-3-5-20(21)26/h3-10,22-23,32H,11-15H2,1-2H3,(H,27,33)/t22-,23-/m1/s1. The minimum Gasteiger partial charge on any atom is -0.508 e. The fourth-order valence-corrected chi connectivity index (χ4v) is 3.81. The molecule has 1 saturated heterocycles. The molecule has 2 N–H and O–H groups in total. The highest BCUT2D eigenvalue weighted by Crippen LogP contribution is 2.21. The van der Waals surface area contributed by atoms with E-state index in [0.717, 1.165) is 13.8 Å². The number of hydrogen-bond donors (Lipinski definition) is 2. The number of carbonyl (C=O) groups excluding carboxylic acids is 4. The normalized spacial score (nSPS) is 15.0. The van der Waals surface area contributed by atoms with Crippen molar-refractivity contribution in [3.63, 3.8) is 0 Å². The number of esters is 2. The zero-order valence-corrected chi connectivity index (χ0v) is 20.0. The highest BCUT2D eigenvalue weighted by molar-refractivity contribution is 5.93. The first-order valence-electron chi connectivity index (χ1n) is 11.3. The lowest BCUT2D eigenvalue weighted by molar-refractivity contribution is -0.178. The molecule has 192 valence electrons. The summed E-state index contributed by atoms with van der Waals surface area (Å²) in [5, 5.41) is 12.0. The van der Waals surface area contributed by atoms with Crippen LogP contribution in [0.5, 0.6) is 5.75 Å². The molecule has 10 nitrogen and oxygen atoms in total. The van der Waals surface area contributed by atoms with Crippen molar-refractivity contribution in [2.24, 2.45) is 0 Å². The van der Waals surface area contributed by atoms with Gasteiger partial charge in [-0.2, -0.15) is 0 Å². The van der Waals surface area contributed by atoms with Gasteiger partial charge in [-0.25, -0.2) is 4.39 Å². The fourth-order valence-electron chi connectivity index (χ4n) is 3.81. The predicted octanol–water partition coefficient (Wildman–Crippen LogP) is 1.36. The highest BCUT2D eigenvalue weighted by Gasteiger charge is 2.42. The van der Waals surface area contributed by atoms with Gasteiger partial charge in [0, 0.05) is 46.6 Å². The average Bonchev–Trinajstić information content (AvgIpc) is 2.85. The van der Waals surface area contributed by atoms with Crippen LogP contribution in [0.2, 0.25) is 0 Å². The number of aromatic hydroxyl groups is 1. The number of benzene rings is 2. The molecule has 0 radical (unpaired) electrons. The zero-order chi connectivity index (χ0) is 26.2. The summed E-state index contributed by atoms with van der Waals surface area (Å²) in [4.78, 5) is 53.0. The van der Waals surface area contributed by atoms with Gasteiger partial charge in [0.15, 0.2) is 0 Å². The number of amides is 2. The number of halogens is 1. The van der Waals surface area contributed by atoms with E-state index in [-0.39, 0.29) is 31.2 Å². The van der Waals surface area contributed by atoms with Crippen LogP contribution in [0.15, 0.2) is 48.5 Å². The molecule has 36 heavy (non-hydrogen) atoms. The van der Waals surface area contributed by atoms with Gasteiger partial charge in [0.05, 0.1) is 5.69 Å². The van der Waals surface area contributed by atoms with Gasteiger partial charge >= 0.3 is 11.9 Å². The summed E-state index contributed by atoms with van der Waals surface area (Å²) in [7, 11) is 0. The van der Waals surface area contributed by atoms with Crippen LogP contribution in [-0.2, 0) is 35.2 Å². The Balaban J connectivity index is 1.73. The first-order chi connectivity index (χ1) is 17.2. The van der Waals surface area contributed by atoms with Crippen molar-refractivity contribution in [1.82, 2.24) is 10.2 Å². The van der Waals surface area contributed by atoms with Crippen LogP contribution < -0.4 is 10.2 Å². The van der Waals surface area contributed by atoms with Gasteiger partial charge in [-0.15, -0.1) is 0 Å². The van der Waals surface area contributed by atoms with Crippen LogP contribution in [-0.4, -0.2) is 72.1 Å². The van der Waals surface area contributed by atoms with E-state index in [4.69, 9.17) is 9.47 Å². The van der Waals surface area contributed by atoms with Gasteiger partial charge in [-0.1, -0.05) is 24.3 Å². The van der Waals surface area contributed by atoms with Crippen LogP contribution in [0.4, 0.5) is 10.1 Å². The third kappa shape index (κ3) is 6.94. The molecule has 1 heterocycles. The maximum atomic E-state index is 14.1. The number of piperazine rings is 1. The smallest absolute Gasteiger partial charge is 0.303 e. The van der Waals surface area contributed by atoms with Gasteiger partial charge < -0.3 is 29.7 Å². The summed E-state index contributed by atoms with van der Waals surface area (Å²) in [5.41, 5.74) is 1.05. The number of ether oxygens (including phenoxy) is 2. The molecule has 2 amide bonds. The van der Waals surface area contributed by atoms with Crippen LogP contribution in [0.25, 0.3) is 0 Å². The van der Waals surface area contributed by atoms with Crippen molar-refractivity contribution in [3.8, 4) is 5.75 Å². The summed E-state index contributed by atoms with van der Waals surface area (Å²) >= 11 is 0. The molecule has 2 atom stereocenters. The Labute approximate surface area is 207 Å². The second-order valence-corrected chi connectivity index (χ2v) is 8.21. The first kappa shape index (κ1) is 26.5. The minimum atomic E-state index is -1.72. The quantitative estimate of drug-likeness (QED) is 0.520. The van der Waals surface area contributed by atoms with E-state index in [2.05, 4.69) is 5.32 Å². The molecule has 0 bridgehead atoms. The zero-order valence-electron chi connectivity index (χ0n) is 20.0. The van der Waals surface area contributed by atoms with Gasteiger partial charge in [0.1, 0.15) is 11.6 Å². The summed E-state index contributed by atoms with van der Waals surface area (Å²) < 4.78 is 24.4. The van der Waals surface area contributed by atoms with E-state index in [1.807, 2.05) is 0 Å². The van der Waals surface area contributed by atoms with E-state index in [9.17, 15) is 28.7 Å². The predicted molar refractivity (Wildman–Crippen MR) is 126 cm³/mol. The maximum absolute atomic E-state index is 14.1. The topological polar surface area (TPSA) is 125 Å². The van der Waals surface area contributed by atoms with E-state index >= 15 is 0 Å². The molecule has 0 unspecified atom stereocenters. The Kier molecular flexibility index (Phi) is 8.82. The van der Waals surface area contributed by atoms with Crippen LogP contribution >= 0.6 is 0 Å². The van der Waals surface area contributed by atoms with Crippen molar-refractivity contribution in [2.75, 3.05) is 31.1 Å². The third-order valence-electron chi connectivity index (χ3n) is 5.55. The highest BCUT2D eigenvalue weighted by atomic mass is 19.1. The Morgan fingerprint density at radius 1 is 0.917 bits per heavy atom. The number of hydrogen-bond acceptors (Lipinski definition) is 8. The fraction of sp³-hybridized carbons (Fsp3) is 0.360. The number of anilines is 1. The minimum absolute atomic E-state index is 0.0131. The van der Waals surface area contributed by atoms with E-state index in [1.54, 1.807) is 35.2 Å². The monoisotopic (exact) mass is 501 g/mol. The maximum Gasteiger partial charge on any atom is 0.303 e. The number of rotatable bonds is 8. The van der Waals surface area contributed by atoms with E-state index in [0.29, 0.717) is 24.3 Å². The van der Waals surface area contributed by atoms with Crippen molar-refractivity contribution in [1.29, 1.82) is 0 Å². The Bertz CT molecular complexity index is 1100. The molecule has 2 aromatic carbocycles. The molecule has 0 saturated carbocycles. The molecule has 11 heteroatoms. The molecule has 3 rings (SSSR count). The molecular weight excluding hydrogens is 473 g/mol. The second kappa shape index (κ2) is 12.0. The lowest BCUT2D eigenvalue weighted by atomic mass is 10.1. The summed E-state index contributed by atoms with van der Waals surface area (Å²) in [6, 6.07) is 12.3. The molecule has 1 aliphatic rings. The Hall–Kier alpha value is -4.15. The lowest BCUT2D eigenvalue weighted by Gasteiger charge is -2.38. The van der Waals surface area contributed by atoms with Crippen molar-refractivity contribution >= 4 is 29.4 Å². The summed E-state index contributed by atoms with van der Waals surface area (Å²) in [6.07, 6.45) is -3.42. The van der Waals surface area contributed by atoms with E-state index < -0.39 is 36.0 Å². The van der Waals surface area contributed by atoms with Crippen molar-refractivity contribution in [3.05, 3.63) is 59.9 Å².